The van der Waals surface area contributed by atoms with E-state index in [-0.39, 0.29) is 18.2 Å². The van der Waals surface area contributed by atoms with Gasteiger partial charge in [-0.15, -0.1) is 0 Å². The first-order valence-electron chi connectivity index (χ1n) is 7.04. The summed E-state index contributed by atoms with van der Waals surface area (Å²) in [6, 6.07) is 5.33. The summed E-state index contributed by atoms with van der Waals surface area (Å²) in [5.74, 6) is 0.175. The molecule has 1 heterocycles. The van der Waals surface area contributed by atoms with E-state index in [0.717, 1.165) is 38.3 Å². The van der Waals surface area contributed by atoms with Gasteiger partial charge >= 0.3 is 6.18 Å². The number of halogens is 3. The van der Waals surface area contributed by atoms with E-state index >= 15 is 0 Å². The summed E-state index contributed by atoms with van der Waals surface area (Å²) in [6.07, 6.45) is -4.20. The maximum Gasteiger partial charge on any atom is 0.416 e. The lowest BCUT2D eigenvalue weighted by Gasteiger charge is -2.34. The molecule has 1 fully saturated rings. The second-order valence-corrected chi connectivity index (χ2v) is 5.12. The highest BCUT2D eigenvalue weighted by atomic mass is 19.4. The van der Waals surface area contributed by atoms with Crippen molar-refractivity contribution < 1.29 is 17.9 Å². The Balaban J connectivity index is 2.36. The SMILES string of the molecule is COc1cc(C(F)(F)F)ccc1[C@H](CC#N)N1CCNCC1. The molecule has 22 heavy (non-hydrogen) atoms. The first-order valence-corrected chi connectivity index (χ1v) is 7.04. The summed E-state index contributed by atoms with van der Waals surface area (Å²) in [5, 5.41) is 12.3. The lowest BCUT2D eigenvalue weighted by Crippen LogP contribution is -2.45. The third-order valence-electron chi connectivity index (χ3n) is 3.80. The molecule has 0 unspecified atom stereocenters. The number of benzene rings is 1. The zero-order valence-corrected chi connectivity index (χ0v) is 12.3. The quantitative estimate of drug-likeness (QED) is 0.928. The molecule has 0 radical (unpaired) electrons. The fraction of sp³-hybridized carbons (Fsp3) is 0.533. The van der Waals surface area contributed by atoms with Crippen LogP contribution in [0.3, 0.4) is 0 Å². The van der Waals surface area contributed by atoms with Crippen molar-refractivity contribution in [3.05, 3.63) is 29.3 Å². The smallest absolute Gasteiger partial charge is 0.416 e. The van der Waals surface area contributed by atoms with Gasteiger partial charge in [0, 0.05) is 31.7 Å². The van der Waals surface area contributed by atoms with Crippen molar-refractivity contribution in [2.45, 2.75) is 18.6 Å². The van der Waals surface area contributed by atoms with Gasteiger partial charge in [0.2, 0.25) is 0 Å². The molecule has 1 aromatic rings. The molecule has 120 valence electrons. The monoisotopic (exact) mass is 313 g/mol. The molecule has 0 amide bonds. The van der Waals surface area contributed by atoms with E-state index in [2.05, 4.69) is 16.3 Å². The van der Waals surface area contributed by atoms with Gasteiger partial charge in [0.1, 0.15) is 5.75 Å². The van der Waals surface area contributed by atoms with Crippen molar-refractivity contribution in [1.82, 2.24) is 10.2 Å². The van der Waals surface area contributed by atoms with Gasteiger partial charge in [0.05, 0.1) is 31.2 Å². The molecule has 1 aliphatic rings. The van der Waals surface area contributed by atoms with Crippen LogP contribution in [0.2, 0.25) is 0 Å². The summed E-state index contributed by atoms with van der Waals surface area (Å²) in [5.41, 5.74) is -0.122. The number of hydrogen-bond donors (Lipinski definition) is 1. The number of nitrogens with zero attached hydrogens (tertiary/aromatic N) is 2. The fourth-order valence-electron chi connectivity index (χ4n) is 2.68. The molecule has 2 rings (SSSR count). The van der Waals surface area contributed by atoms with Crippen LogP contribution in [-0.2, 0) is 6.18 Å². The Labute approximate surface area is 127 Å². The molecule has 0 bridgehead atoms. The van der Waals surface area contributed by atoms with Crippen LogP contribution in [0, 0.1) is 11.3 Å². The zero-order valence-electron chi connectivity index (χ0n) is 12.3. The Hall–Kier alpha value is -1.78. The minimum atomic E-state index is -4.41. The second kappa shape index (κ2) is 6.99. The molecule has 1 saturated heterocycles. The first-order chi connectivity index (χ1) is 10.5. The van der Waals surface area contributed by atoms with E-state index in [0.29, 0.717) is 5.56 Å². The molecule has 1 atom stereocenters. The predicted octanol–water partition coefficient (Wildman–Crippen LogP) is 2.57. The minimum absolute atomic E-state index is 0.175. The van der Waals surface area contributed by atoms with Gasteiger partial charge in [-0.3, -0.25) is 4.90 Å². The Bertz CT molecular complexity index is 548. The van der Waals surface area contributed by atoms with Crippen LogP contribution in [0.15, 0.2) is 18.2 Å². The molecule has 0 spiro atoms. The Kier molecular flexibility index (Phi) is 5.27. The van der Waals surface area contributed by atoms with Gasteiger partial charge in [-0.25, -0.2) is 0 Å². The van der Waals surface area contributed by atoms with E-state index in [1.165, 1.54) is 13.2 Å². The Morgan fingerprint density at radius 2 is 2.05 bits per heavy atom. The molecule has 1 aliphatic heterocycles. The van der Waals surface area contributed by atoms with E-state index in [1.54, 1.807) is 0 Å². The van der Waals surface area contributed by atoms with Gasteiger partial charge in [0.15, 0.2) is 0 Å². The highest BCUT2D eigenvalue weighted by Crippen LogP contribution is 2.37. The maximum atomic E-state index is 12.8. The van der Waals surface area contributed by atoms with Crippen LogP contribution in [-0.4, -0.2) is 38.2 Å². The highest BCUT2D eigenvalue weighted by Gasteiger charge is 2.32. The average Bonchev–Trinajstić information content (AvgIpc) is 2.52. The summed E-state index contributed by atoms with van der Waals surface area (Å²) >= 11 is 0. The van der Waals surface area contributed by atoms with Crippen molar-refractivity contribution in [3.63, 3.8) is 0 Å². The van der Waals surface area contributed by atoms with Crippen LogP contribution in [0.4, 0.5) is 13.2 Å². The number of ether oxygens (including phenoxy) is 1. The fourth-order valence-corrected chi connectivity index (χ4v) is 2.68. The number of methoxy groups -OCH3 is 1. The van der Waals surface area contributed by atoms with Crippen LogP contribution in [0.1, 0.15) is 23.6 Å². The van der Waals surface area contributed by atoms with Crippen LogP contribution < -0.4 is 10.1 Å². The molecular formula is C15H18F3N3O. The summed E-state index contributed by atoms with van der Waals surface area (Å²) < 4.78 is 43.6. The standard InChI is InChI=1S/C15H18F3N3O/c1-22-14-10-11(15(16,17)18)2-3-12(14)13(4-5-19)21-8-6-20-7-9-21/h2-3,10,13,20H,4,6-9H2,1H3/t13-/m0/s1. The number of piperazine rings is 1. The van der Waals surface area contributed by atoms with Gasteiger partial charge in [-0.2, -0.15) is 18.4 Å². The van der Waals surface area contributed by atoms with E-state index in [4.69, 9.17) is 10.00 Å². The highest BCUT2D eigenvalue weighted by molar-refractivity contribution is 5.41. The van der Waals surface area contributed by atoms with Crippen molar-refractivity contribution in [1.29, 1.82) is 5.26 Å². The minimum Gasteiger partial charge on any atom is -0.496 e. The molecular weight excluding hydrogens is 295 g/mol. The maximum absolute atomic E-state index is 12.8. The molecule has 0 aromatic heterocycles. The van der Waals surface area contributed by atoms with Gasteiger partial charge in [-0.05, 0) is 12.1 Å². The predicted molar refractivity (Wildman–Crippen MR) is 75.4 cm³/mol. The van der Waals surface area contributed by atoms with Crippen LogP contribution in [0.5, 0.6) is 5.75 Å². The lowest BCUT2D eigenvalue weighted by molar-refractivity contribution is -0.137. The topological polar surface area (TPSA) is 48.3 Å². The first kappa shape index (κ1) is 16.6. The van der Waals surface area contributed by atoms with Crippen molar-refractivity contribution >= 4 is 0 Å². The molecule has 1 N–H and O–H groups in total. The van der Waals surface area contributed by atoms with Gasteiger partial charge in [-0.1, -0.05) is 6.07 Å². The number of rotatable bonds is 4. The molecule has 1 aromatic carbocycles. The van der Waals surface area contributed by atoms with Gasteiger partial charge < -0.3 is 10.1 Å². The largest absolute Gasteiger partial charge is 0.496 e. The van der Waals surface area contributed by atoms with Gasteiger partial charge in [0.25, 0.3) is 0 Å². The zero-order chi connectivity index (χ0) is 16.2. The van der Waals surface area contributed by atoms with Crippen LogP contribution >= 0.6 is 0 Å². The number of hydrogen-bond acceptors (Lipinski definition) is 4. The lowest BCUT2D eigenvalue weighted by atomic mass is 9.98. The van der Waals surface area contributed by atoms with E-state index in [1.807, 2.05) is 0 Å². The summed E-state index contributed by atoms with van der Waals surface area (Å²) in [7, 11) is 1.35. The normalized spacial score (nSPS) is 17.8. The van der Waals surface area contributed by atoms with E-state index < -0.39 is 11.7 Å². The number of nitrogens with one attached hydrogen (secondary N) is 1. The third-order valence-corrected chi connectivity index (χ3v) is 3.80. The summed E-state index contributed by atoms with van der Waals surface area (Å²) in [6.45, 7) is 3.09. The Morgan fingerprint density at radius 3 is 2.59 bits per heavy atom. The van der Waals surface area contributed by atoms with Crippen LogP contribution in [0.25, 0.3) is 0 Å². The average molecular weight is 313 g/mol. The van der Waals surface area contributed by atoms with Crippen molar-refractivity contribution in [3.8, 4) is 11.8 Å². The second-order valence-electron chi connectivity index (χ2n) is 5.12. The van der Waals surface area contributed by atoms with E-state index in [9.17, 15) is 13.2 Å². The Morgan fingerprint density at radius 1 is 1.36 bits per heavy atom. The van der Waals surface area contributed by atoms with Crippen molar-refractivity contribution in [2.75, 3.05) is 33.3 Å². The third kappa shape index (κ3) is 3.70. The van der Waals surface area contributed by atoms with Crippen molar-refractivity contribution in [2.24, 2.45) is 0 Å². The molecule has 7 heteroatoms. The molecule has 4 nitrogen and oxygen atoms in total. The number of nitriles is 1. The number of alkyl halides is 3. The molecule has 0 saturated carbocycles. The molecule has 0 aliphatic carbocycles. The summed E-state index contributed by atoms with van der Waals surface area (Å²) in [4.78, 5) is 2.10.